The fourth-order valence-electron chi connectivity index (χ4n) is 2.62. The molecule has 3 nitrogen and oxygen atoms in total. The largest absolute Gasteiger partial charge is 0.448 e. The zero-order valence-corrected chi connectivity index (χ0v) is 12.5. The van der Waals surface area contributed by atoms with Crippen molar-refractivity contribution in [2.75, 3.05) is 0 Å². The van der Waals surface area contributed by atoms with Gasteiger partial charge in [-0.05, 0) is 17.5 Å². The molecular weight excluding hydrogens is 272 g/mol. The van der Waals surface area contributed by atoms with Crippen molar-refractivity contribution >= 4 is 0 Å². The Morgan fingerprint density at radius 3 is 2.18 bits per heavy atom. The van der Waals surface area contributed by atoms with Gasteiger partial charge in [0.25, 0.3) is 0 Å². The van der Waals surface area contributed by atoms with E-state index in [1.807, 2.05) is 36.4 Å². The minimum atomic E-state index is 0.0323. The van der Waals surface area contributed by atoms with Crippen LogP contribution in [-0.2, 0) is 19.3 Å². The standard InChI is InChI=1S/C19H20N2O/c20-17(11-15-7-3-1-4-8-15)13-19-18(21-14-22-19)12-16-9-5-2-6-10-16/h1-10,14,17H,11-13,20H2/t17-/m0/s1. The summed E-state index contributed by atoms with van der Waals surface area (Å²) in [5.41, 5.74) is 9.73. The third-order valence-corrected chi connectivity index (χ3v) is 3.73. The number of nitrogens with two attached hydrogens (primary N) is 1. The van der Waals surface area contributed by atoms with E-state index < -0.39 is 0 Å². The van der Waals surface area contributed by atoms with Crippen LogP contribution in [0.4, 0.5) is 0 Å². The molecule has 0 aliphatic heterocycles. The lowest BCUT2D eigenvalue weighted by Gasteiger charge is -2.11. The third kappa shape index (κ3) is 3.83. The topological polar surface area (TPSA) is 52.0 Å². The van der Waals surface area contributed by atoms with Gasteiger partial charge in [0.15, 0.2) is 6.39 Å². The number of hydrogen-bond donors (Lipinski definition) is 1. The monoisotopic (exact) mass is 292 g/mol. The number of benzene rings is 2. The molecule has 0 unspecified atom stereocenters. The fraction of sp³-hybridized carbons (Fsp3) is 0.211. The summed E-state index contributed by atoms with van der Waals surface area (Å²) in [5.74, 6) is 0.896. The molecule has 0 spiro atoms. The summed E-state index contributed by atoms with van der Waals surface area (Å²) in [6, 6.07) is 20.6. The molecule has 1 atom stereocenters. The molecule has 3 heteroatoms. The van der Waals surface area contributed by atoms with Gasteiger partial charge in [0.1, 0.15) is 5.76 Å². The van der Waals surface area contributed by atoms with Crippen molar-refractivity contribution in [3.63, 3.8) is 0 Å². The van der Waals surface area contributed by atoms with Crippen molar-refractivity contribution in [2.24, 2.45) is 5.73 Å². The second-order valence-corrected chi connectivity index (χ2v) is 5.54. The predicted octanol–water partition coefficient (Wildman–Crippen LogP) is 3.38. The van der Waals surface area contributed by atoms with Gasteiger partial charge < -0.3 is 10.2 Å². The van der Waals surface area contributed by atoms with Gasteiger partial charge in [-0.3, -0.25) is 0 Å². The van der Waals surface area contributed by atoms with Gasteiger partial charge in [0.2, 0.25) is 0 Å². The number of oxazole rings is 1. The average Bonchev–Trinajstić information content (AvgIpc) is 2.96. The minimum Gasteiger partial charge on any atom is -0.448 e. The molecule has 112 valence electrons. The zero-order valence-electron chi connectivity index (χ0n) is 12.5. The number of nitrogens with zero attached hydrogens (tertiary/aromatic N) is 1. The second-order valence-electron chi connectivity index (χ2n) is 5.54. The first-order valence-electron chi connectivity index (χ1n) is 7.56. The predicted molar refractivity (Wildman–Crippen MR) is 87.6 cm³/mol. The molecule has 0 aliphatic rings. The van der Waals surface area contributed by atoms with Crippen LogP contribution in [-0.4, -0.2) is 11.0 Å². The van der Waals surface area contributed by atoms with Crippen molar-refractivity contribution in [1.29, 1.82) is 0 Å². The molecule has 1 heterocycles. The second kappa shape index (κ2) is 7.05. The van der Waals surface area contributed by atoms with E-state index in [0.29, 0.717) is 6.42 Å². The fourth-order valence-corrected chi connectivity index (χ4v) is 2.62. The third-order valence-electron chi connectivity index (χ3n) is 3.73. The van der Waals surface area contributed by atoms with Gasteiger partial charge in [0.05, 0.1) is 5.69 Å². The van der Waals surface area contributed by atoms with Gasteiger partial charge >= 0.3 is 0 Å². The summed E-state index contributed by atoms with van der Waals surface area (Å²) < 4.78 is 5.55. The Labute approximate surface area is 130 Å². The Hall–Kier alpha value is -2.39. The maximum absolute atomic E-state index is 6.27. The van der Waals surface area contributed by atoms with Gasteiger partial charge in [-0.25, -0.2) is 4.98 Å². The van der Waals surface area contributed by atoms with E-state index in [0.717, 1.165) is 24.3 Å². The number of aromatic nitrogens is 1. The highest BCUT2D eigenvalue weighted by molar-refractivity contribution is 5.24. The van der Waals surface area contributed by atoms with E-state index in [1.54, 1.807) is 0 Å². The molecular formula is C19H20N2O. The maximum atomic E-state index is 6.27. The quantitative estimate of drug-likeness (QED) is 0.757. The van der Waals surface area contributed by atoms with Gasteiger partial charge in [-0.1, -0.05) is 60.7 Å². The average molecular weight is 292 g/mol. The Bertz CT molecular complexity index is 692. The molecule has 22 heavy (non-hydrogen) atoms. The Balaban J connectivity index is 1.65. The summed E-state index contributed by atoms with van der Waals surface area (Å²) in [4.78, 5) is 4.35. The SMILES string of the molecule is N[C@@H](Cc1ccccc1)Cc1ocnc1Cc1ccccc1. The molecule has 0 amide bonds. The molecule has 3 aromatic rings. The Morgan fingerprint density at radius 2 is 1.50 bits per heavy atom. The zero-order chi connectivity index (χ0) is 15.2. The van der Waals surface area contributed by atoms with Crippen molar-refractivity contribution < 1.29 is 4.42 Å². The van der Waals surface area contributed by atoms with Gasteiger partial charge in [0, 0.05) is 18.9 Å². The lowest BCUT2D eigenvalue weighted by atomic mass is 10.0. The molecule has 0 saturated heterocycles. The smallest absolute Gasteiger partial charge is 0.181 e. The molecule has 0 bridgehead atoms. The number of hydrogen-bond acceptors (Lipinski definition) is 3. The summed E-state index contributed by atoms with van der Waals surface area (Å²) in [7, 11) is 0. The summed E-state index contributed by atoms with van der Waals surface area (Å²) >= 11 is 0. The van der Waals surface area contributed by atoms with E-state index in [1.165, 1.54) is 17.5 Å². The van der Waals surface area contributed by atoms with E-state index in [9.17, 15) is 0 Å². The highest BCUT2D eigenvalue weighted by Gasteiger charge is 2.13. The lowest BCUT2D eigenvalue weighted by molar-refractivity contribution is 0.476. The normalized spacial score (nSPS) is 12.2. The highest BCUT2D eigenvalue weighted by atomic mass is 16.3. The van der Waals surface area contributed by atoms with Crippen LogP contribution < -0.4 is 5.73 Å². The molecule has 0 radical (unpaired) electrons. The molecule has 2 aromatic carbocycles. The van der Waals surface area contributed by atoms with Crippen LogP contribution in [0, 0.1) is 0 Å². The van der Waals surface area contributed by atoms with Crippen LogP contribution in [0.1, 0.15) is 22.6 Å². The van der Waals surface area contributed by atoms with Crippen LogP contribution in [0.3, 0.4) is 0 Å². The van der Waals surface area contributed by atoms with E-state index in [4.69, 9.17) is 10.2 Å². The van der Waals surface area contributed by atoms with E-state index in [-0.39, 0.29) is 6.04 Å². The van der Waals surface area contributed by atoms with Gasteiger partial charge in [-0.15, -0.1) is 0 Å². The Morgan fingerprint density at radius 1 is 0.864 bits per heavy atom. The van der Waals surface area contributed by atoms with Crippen molar-refractivity contribution in [3.8, 4) is 0 Å². The highest BCUT2D eigenvalue weighted by Crippen LogP contribution is 2.15. The maximum Gasteiger partial charge on any atom is 0.181 e. The van der Waals surface area contributed by atoms with Crippen LogP contribution in [0.15, 0.2) is 71.5 Å². The number of rotatable bonds is 6. The molecule has 1 aromatic heterocycles. The molecule has 0 saturated carbocycles. The van der Waals surface area contributed by atoms with Gasteiger partial charge in [-0.2, -0.15) is 0 Å². The van der Waals surface area contributed by atoms with Crippen LogP contribution in [0.25, 0.3) is 0 Å². The Kier molecular flexibility index (Phi) is 4.66. The minimum absolute atomic E-state index is 0.0323. The van der Waals surface area contributed by atoms with Crippen LogP contribution >= 0.6 is 0 Å². The molecule has 3 rings (SSSR count). The van der Waals surface area contributed by atoms with Crippen molar-refractivity contribution in [1.82, 2.24) is 4.98 Å². The summed E-state index contributed by atoms with van der Waals surface area (Å²) in [5, 5.41) is 0. The first-order chi connectivity index (χ1) is 10.8. The lowest BCUT2D eigenvalue weighted by Crippen LogP contribution is -2.25. The van der Waals surface area contributed by atoms with Crippen molar-refractivity contribution in [3.05, 3.63) is 89.6 Å². The first kappa shape index (κ1) is 14.5. The van der Waals surface area contributed by atoms with E-state index >= 15 is 0 Å². The van der Waals surface area contributed by atoms with E-state index in [2.05, 4.69) is 29.2 Å². The first-order valence-corrected chi connectivity index (χ1v) is 7.56. The molecule has 0 aliphatic carbocycles. The summed E-state index contributed by atoms with van der Waals surface area (Å²) in [6.07, 6.45) is 3.84. The summed E-state index contributed by atoms with van der Waals surface area (Å²) in [6.45, 7) is 0. The molecule has 0 fully saturated rings. The van der Waals surface area contributed by atoms with Crippen LogP contribution in [0.2, 0.25) is 0 Å². The van der Waals surface area contributed by atoms with Crippen molar-refractivity contribution in [2.45, 2.75) is 25.3 Å². The molecule has 2 N–H and O–H groups in total. The van der Waals surface area contributed by atoms with Crippen LogP contribution in [0.5, 0.6) is 0 Å².